The monoisotopic (exact) mass is 259 g/mol. The van der Waals surface area contributed by atoms with Gasteiger partial charge in [0.05, 0.1) is 0 Å². The second kappa shape index (κ2) is 6.60. The fraction of sp³-hybridized carbons (Fsp3) is 0.583. The molecule has 91 valence electrons. The average molecular weight is 260 g/mol. The Morgan fingerprint density at radius 1 is 1.44 bits per heavy atom. The molecule has 16 heavy (non-hydrogen) atoms. The Balaban J connectivity index is 0.00000128. The van der Waals surface area contributed by atoms with Crippen LogP contribution in [0.15, 0.2) is 12.1 Å². The van der Waals surface area contributed by atoms with Gasteiger partial charge in [0.15, 0.2) is 0 Å². The predicted octanol–water partition coefficient (Wildman–Crippen LogP) is 2.99. The second-order valence-electron chi connectivity index (χ2n) is 4.15. The van der Waals surface area contributed by atoms with E-state index < -0.39 is 0 Å². The number of thiophene rings is 1. The van der Waals surface area contributed by atoms with Crippen molar-refractivity contribution in [3.8, 4) is 0 Å². The van der Waals surface area contributed by atoms with E-state index in [0.717, 1.165) is 6.54 Å². The minimum absolute atomic E-state index is 0. The smallest absolute Gasteiger partial charge is 0.0419 e. The number of likely N-dealkylation sites (tertiary alicyclic amines) is 1. The van der Waals surface area contributed by atoms with Crippen molar-refractivity contribution in [2.45, 2.75) is 32.4 Å². The normalized spacial score (nSPS) is 18.4. The lowest BCUT2D eigenvalue weighted by Gasteiger charge is -2.12. The molecule has 1 radical (unpaired) electrons. The molecule has 0 amide bonds. The highest BCUT2D eigenvalue weighted by atomic mass is 35.5. The predicted molar refractivity (Wildman–Crippen MR) is 73.0 cm³/mol. The molecular weight excluding hydrogens is 240 g/mol. The summed E-state index contributed by atoms with van der Waals surface area (Å²) in [5.74, 6) is 0. The molecule has 4 heteroatoms. The molecule has 1 unspecified atom stereocenters. The maximum atomic E-state index is 5.96. The molecule has 2 N–H and O–H groups in total. The molecule has 0 bridgehead atoms. The van der Waals surface area contributed by atoms with Gasteiger partial charge in [0.2, 0.25) is 0 Å². The van der Waals surface area contributed by atoms with Gasteiger partial charge < -0.3 is 5.73 Å². The third-order valence-electron chi connectivity index (χ3n) is 2.95. The summed E-state index contributed by atoms with van der Waals surface area (Å²) in [7, 11) is 0. The number of hydrogen-bond acceptors (Lipinski definition) is 3. The van der Waals surface area contributed by atoms with Gasteiger partial charge in [-0.05, 0) is 44.5 Å². The van der Waals surface area contributed by atoms with Gasteiger partial charge in [-0.25, -0.2) is 0 Å². The van der Waals surface area contributed by atoms with Crippen molar-refractivity contribution in [1.82, 2.24) is 4.90 Å². The molecule has 2 rings (SSSR count). The van der Waals surface area contributed by atoms with Crippen molar-refractivity contribution in [2.24, 2.45) is 5.73 Å². The Labute approximate surface area is 108 Å². The molecule has 0 aliphatic carbocycles. The van der Waals surface area contributed by atoms with Crippen molar-refractivity contribution in [2.75, 3.05) is 13.1 Å². The number of hydrogen-bond donors (Lipinski definition) is 1. The molecule has 1 saturated heterocycles. The Kier molecular flexibility index (Phi) is 5.76. The number of rotatable bonds is 4. The largest absolute Gasteiger partial charge is 0.323 e. The van der Waals surface area contributed by atoms with E-state index >= 15 is 0 Å². The minimum atomic E-state index is 0. The summed E-state index contributed by atoms with van der Waals surface area (Å²) in [5, 5.41) is 0. The van der Waals surface area contributed by atoms with Crippen molar-refractivity contribution < 1.29 is 0 Å². The molecule has 0 aromatic carbocycles. The summed E-state index contributed by atoms with van der Waals surface area (Å²) in [5.41, 5.74) is 5.96. The van der Waals surface area contributed by atoms with Crippen molar-refractivity contribution in [1.29, 1.82) is 0 Å². The Morgan fingerprint density at radius 3 is 2.75 bits per heavy atom. The lowest BCUT2D eigenvalue weighted by atomic mass is 10.2. The van der Waals surface area contributed by atoms with Crippen molar-refractivity contribution in [3.63, 3.8) is 0 Å². The van der Waals surface area contributed by atoms with Gasteiger partial charge in [0.1, 0.15) is 0 Å². The van der Waals surface area contributed by atoms with Crippen LogP contribution < -0.4 is 5.73 Å². The van der Waals surface area contributed by atoms with Crippen molar-refractivity contribution >= 4 is 23.7 Å². The number of halogens is 1. The SMILES string of the molecule is C[CH]C(N)c1ccc(CN2CCCC2)s1.Cl. The van der Waals surface area contributed by atoms with E-state index in [0.29, 0.717) is 0 Å². The van der Waals surface area contributed by atoms with Crippen LogP contribution in [-0.2, 0) is 6.54 Å². The van der Waals surface area contributed by atoms with E-state index in [-0.39, 0.29) is 18.4 Å². The lowest BCUT2D eigenvalue weighted by molar-refractivity contribution is 0.334. The first-order valence-electron chi connectivity index (χ1n) is 5.65. The van der Waals surface area contributed by atoms with Gasteiger partial charge in [-0.2, -0.15) is 0 Å². The molecule has 1 aliphatic rings. The first kappa shape index (κ1) is 14.0. The fourth-order valence-corrected chi connectivity index (χ4v) is 3.08. The summed E-state index contributed by atoms with van der Waals surface area (Å²) in [6.45, 7) is 5.66. The zero-order valence-electron chi connectivity index (χ0n) is 9.69. The van der Waals surface area contributed by atoms with E-state index in [9.17, 15) is 0 Å². The molecule has 0 saturated carbocycles. The average Bonchev–Trinajstić information content (AvgIpc) is 2.88. The van der Waals surface area contributed by atoms with Crippen LogP contribution >= 0.6 is 23.7 Å². The first-order chi connectivity index (χ1) is 7.29. The zero-order chi connectivity index (χ0) is 10.7. The molecule has 0 spiro atoms. The zero-order valence-corrected chi connectivity index (χ0v) is 11.3. The first-order valence-corrected chi connectivity index (χ1v) is 6.47. The van der Waals surface area contributed by atoms with Gasteiger partial charge >= 0.3 is 0 Å². The van der Waals surface area contributed by atoms with Crippen LogP contribution in [0.2, 0.25) is 0 Å². The van der Waals surface area contributed by atoms with E-state index in [1.54, 1.807) is 0 Å². The number of nitrogens with two attached hydrogens (primary N) is 1. The van der Waals surface area contributed by atoms with Gasteiger partial charge in [-0.1, -0.05) is 6.92 Å². The van der Waals surface area contributed by atoms with Gasteiger partial charge in [0, 0.05) is 22.3 Å². The van der Waals surface area contributed by atoms with Gasteiger partial charge in [-0.3, -0.25) is 4.90 Å². The highest BCUT2D eigenvalue weighted by molar-refractivity contribution is 7.12. The van der Waals surface area contributed by atoms with Crippen LogP contribution in [-0.4, -0.2) is 18.0 Å². The Bertz CT molecular complexity index is 308. The molecule has 2 nitrogen and oxygen atoms in total. The molecule has 1 fully saturated rings. The van der Waals surface area contributed by atoms with Crippen LogP contribution in [0.25, 0.3) is 0 Å². The van der Waals surface area contributed by atoms with Crippen LogP contribution in [0.1, 0.15) is 35.6 Å². The van der Waals surface area contributed by atoms with E-state index in [1.165, 1.54) is 35.7 Å². The van der Waals surface area contributed by atoms with Crippen LogP contribution in [0.4, 0.5) is 0 Å². The fourth-order valence-electron chi connectivity index (χ4n) is 1.98. The lowest BCUT2D eigenvalue weighted by Crippen LogP contribution is -2.17. The third-order valence-corrected chi connectivity index (χ3v) is 4.12. The van der Waals surface area contributed by atoms with Crippen LogP contribution in [0.5, 0.6) is 0 Å². The maximum Gasteiger partial charge on any atom is 0.0419 e. The van der Waals surface area contributed by atoms with E-state index in [2.05, 4.69) is 17.0 Å². The number of nitrogens with zero attached hydrogens (tertiary/aromatic N) is 1. The molecule has 1 aromatic rings. The van der Waals surface area contributed by atoms with Crippen molar-refractivity contribution in [3.05, 3.63) is 28.3 Å². The Hall–Kier alpha value is -0.0900. The molecular formula is C12H20ClN2S. The topological polar surface area (TPSA) is 29.3 Å². The highest BCUT2D eigenvalue weighted by Crippen LogP contribution is 2.25. The van der Waals surface area contributed by atoms with Gasteiger partial charge in [0.25, 0.3) is 0 Å². The molecule has 2 heterocycles. The van der Waals surface area contributed by atoms with Crippen LogP contribution in [0.3, 0.4) is 0 Å². The highest BCUT2D eigenvalue weighted by Gasteiger charge is 2.13. The van der Waals surface area contributed by atoms with Crippen LogP contribution in [0, 0.1) is 6.42 Å². The quantitative estimate of drug-likeness (QED) is 0.901. The Morgan fingerprint density at radius 2 is 2.12 bits per heavy atom. The standard InChI is InChI=1S/C12H19N2S.ClH/c1-2-11(13)12-6-5-10(15-12)9-14-7-3-4-8-14;/h2,5-6,11H,3-4,7-9,13H2,1H3;1H. The van der Waals surface area contributed by atoms with E-state index in [1.807, 2.05) is 24.7 Å². The van der Waals surface area contributed by atoms with Gasteiger partial charge in [-0.15, -0.1) is 23.7 Å². The summed E-state index contributed by atoms with van der Waals surface area (Å²) >= 11 is 1.85. The molecule has 1 atom stereocenters. The summed E-state index contributed by atoms with van der Waals surface area (Å²) in [6, 6.07) is 4.50. The van der Waals surface area contributed by atoms with E-state index in [4.69, 9.17) is 5.73 Å². The summed E-state index contributed by atoms with van der Waals surface area (Å²) in [4.78, 5) is 5.26. The minimum Gasteiger partial charge on any atom is -0.323 e. The molecule has 1 aliphatic heterocycles. The summed E-state index contributed by atoms with van der Waals surface area (Å²) < 4.78 is 0. The molecule has 1 aromatic heterocycles. The maximum absolute atomic E-state index is 5.96. The summed E-state index contributed by atoms with van der Waals surface area (Å²) in [6.07, 6.45) is 4.77. The third kappa shape index (κ3) is 3.45. The second-order valence-corrected chi connectivity index (χ2v) is 5.35.